The highest BCUT2D eigenvalue weighted by molar-refractivity contribution is 7.10. The summed E-state index contributed by atoms with van der Waals surface area (Å²) in [4.78, 5) is 12.8. The number of aryl methyl sites for hydroxylation is 1. The van der Waals surface area contributed by atoms with E-state index in [0.29, 0.717) is 0 Å². The van der Waals surface area contributed by atoms with Gasteiger partial charge in [0.1, 0.15) is 0 Å². The van der Waals surface area contributed by atoms with Crippen LogP contribution >= 0.6 is 11.3 Å². The lowest BCUT2D eigenvalue weighted by atomic mass is 10.0. The Morgan fingerprint density at radius 2 is 2.05 bits per heavy atom. The van der Waals surface area contributed by atoms with Gasteiger partial charge in [-0.3, -0.25) is 4.79 Å². The lowest BCUT2D eigenvalue weighted by Gasteiger charge is -2.18. The van der Waals surface area contributed by atoms with Crippen molar-refractivity contribution in [2.24, 2.45) is 5.73 Å². The van der Waals surface area contributed by atoms with Crippen LogP contribution in [0.5, 0.6) is 0 Å². The molecule has 0 saturated heterocycles. The molecule has 3 N–H and O–H groups in total. The monoisotopic (exact) mass is 302 g/mol. The highest BCUT2D eigenvalue weighted by atomic mass is 32.1. The number of nitrogens with two attached hydrogens (primary N) is 1. The average molecular weight is 302 g/mol. The van der Waals surface area contributed by atoms with Crippen LogP contribution in [-0.2, 0) is 11.2 Å². The smallest absolute Gasteiger partial charge is 0.234 e. The van der Waals surface area contributed by atoms with Crippen molar-refractivity contribution in [3.8, 4) is 0 Å². The Morgan fingerprint density at radius 1 is 1.29 bits per heavy atom. The molecule has 4 heteroatoms. The summed E-state index contributed by atoms with van der Waals surface area (Å²) in [5, 5.41) is 5.01. The second kappa shape index (κ2) is 7.96. The fraction of sp³-hybridized carbons (Fsp3) is 0.353. The minimum absolute atomic E-state index is 0.0104. The van der Waals surface area contributed by atoms with Gasteiger partial charge in [0.2, 0.25) is 5.91 Å². The molecular formula is C17H22N2OS. The van der Waals surface area contributed by atoms with E-state index in [1.165, 1.54) is 18.4 Å². The first kappa shape index (κ1) is 15.7. The molecule has 2 rings (SSSR count). The molecule has 2 aromatic rings. The van der Waals surface area contributed by atoms with Crippen molar-refractivity contribution in [1.82, 2.24) is 5.32 Å². The van der Waals surface area contributed by atoms with Gasteiger partial charge in [-0.25, -0.2) is 0 Å². The summed E-state index contributed by atoms with van der Waals surface area (Å²) in [6, 6.07) is 12.4. The van der Waals surface area contributed by atoms with Crippen LogP contribution < -0.4 is 11.1 Å². The van der Waals surface area contributed by atoms with Gasteiger partial charge >= 0.3 is 0 Å². The van der Waals surface area contributed by atoms with E-state index < -0.39 is 0 Å². The van der Waals surface area contributed by atoms with Crippen LogP contribution in [-0.4, -0.2) is 12.5 Å². The van der Waals surface area contributed by atoms with Gasteiger partial charge < -0.3 is 11.1 Å². The summed E-state index contributed by atoms with van der Waals surface area (Å²) in [6.45, 7) is 2.21. The van der Waals surface area contributed by atoms with Crippen LogP contribution in [0.4, 0.5) is 0 Å². The number of thiophene rings is 1. The van der Waals surface area contributed by atoms with E-state index in [4.69, 9.17) is 5.73 Å². The third-order valence-corrected chi connectivity index (χ3v) is 4.39. The standard InChI is InChI=1S/C17H22N2OS/c1-2-3-5-13-7-9-14(10-8-13)17(19-16(20)12-18)15-6-4-11-21-15/h4,6-11,17H,2-3,5,12,18H2,1H3,(H,19,20). The molecule has 0 aliphatic carbocycles. The third-order valence-electron chi connectivity index (χ3n) is 3.45. The maximum atomic E-state index is 11.7. The Bertz CT molecular complexity index is 549. The van der Waals surface area contributed by atoms with Gasteiger partial charge in [-0.1, -0.05) is 43.7 Å². The molecule has 0 radical (unpaired) electrons. The summed E-state index contributed by atoms with van der Waals surface area (Å²) in [5.41, 5.74) is 7.86. The Balaban J connectivity index is 2.18. The quantitative estimate of drug-likeness (QED) is 0.825. The zero-order valence-electron chi connectivity index (χ0n) is 12.3. The molecule has 1 aromatic heterocycles. The van der Waals surface area contributed by atoms with Crippen LogP contribution in [0.1, 0.15) is 41.8 Å². The summed E-state index contributed by atoms with van der Waals surface area (Å²) in [5.74, 6) is -0.136. The lowest BCUT2D eigenvalue weighted by Crippen LogP contribution is -2.33. The van der Waals surface area contributed by atoms with Crippen molar-refractivity contribution >= 4 is 17.2 Å². The normalized spacial score (nSPS) is 12.1. The summed E-state index contributed by atoms with van der Waals surface area (Å²) >= 11 is 1.64. The number of carbonyl (C=O) groups is 1. The van der Waals surface area contributed by atoms with E-state index in [1.807, 2.05) is 17.5 Å². The van der Waals surface area contributed by atoms with Crippen LogP contribution in [0.15, 0.2) is 41.8 Å². The van der Waals surface area contributed by atoms with Crippen molar-refractivity contribution in [2.45, 2.75) is 32.2 Å². The average Bonchev–Trinajstić information content (AvgIpc) is 3.05. The molecular weight excluding hydrogens is 280 g/mol. The van der Waals surface area contributed by atoms with Crippen LogP contribution in [0.2, 0.25) is 0 Å². The first-order valence-electron chi connectivity index (χ1n) is 7.36. The van der Waals surface area contributed by atoms with E-state index in [0.717, 1.165) is 16.9 Å². The zero-order valence-corrected chi connectivity index (χ0v) is 13.2. The SMILES string of the molecule is CCCCc1ccc(C(NC(=O)CN)c2cccs2)cc1. The van der Waals surface area contributed by atoms with Crippen molar-refractivity contribution in [2.75, 3.05) is 6.54 Å². The number of hydrogen-bond acceptors (Lipinski definition) is 3. The molecule has 1 heterocycles. The molecule has 21 heavy (non-hydrogen) atoms. The predicted molar refractivity (Wildman–Crippen MR) is 88.4 cm³/mol. The van der Waals surface area contributed by atoms with Crippen molar-refractivity contribution in [3.05, 3.63) is 57.8 Å². The lowest BCUT2D eigenvalue weighted by molar-refractivity contribution is -0.120. The van der Waals surface area contributed by atoms with E-state index in [-0.39, 0.29) is 18.5 Å². The molecule has 0 aliphatic heterocycles. The van der Waals surface area contributed by atoms with Crippen molar-refractivity contribution in [1.29, 1.82) is 0 Å². The number of hydrogen-bond donors (Lipinski definition) is 2. The molecule has 112 valence electrons. The third kappa shape index (κ3) is 4.41. The Morgan fingerprint density at radius 3 is 2.62 bits per heavy atom. The molecule has 1 atom stereocenters. The van der Waals surface area contributed by atoms with Gasteiger partial charge in [-0.2, -0.15) is 0 Å². The van der Waals surface area contributed by atoms with E-state index in [2.05, 4.69) is 36.5 Å². The van der Waals surface area contributed by atoms with Gasteiger partial charge in [0.05, 0.1) is 12.6 Å². The summed E-state index contributed by atoms with van der Waals surface area (Å²) < 4.78 is 0. The Kier molecular flexibility index (Phi) is 5.96. The number of amides is 1. The van der Waals surface area contributed by atoms with Crippen LogP contribution in [0.25, 0.3) is 0 Å². The minimum Gasteiger partial charge on any atom is -0.343 e. The first-order valence-corrected chi connectivity index (χ1v) is 8.24. The topological polar surface area (TPSA) is 55.1 Å². The zero-order chi connectivity index (χ0) is 15.1. The van der Waals surface area contributed by atoms with Gasteiger partial charge in [0, 0.05) is 4.88 Å². The largest absolute Gasteiger partial charge is 0.343 e. The molecule has 1 unspecified atom stereocenters. The molecule has 0 bridgehead atoms. The summed E-state index contributed by atoms with van der Waals surface area (Å²) in [7, 11) is 0. The van der Waals surface area contributed by atoms with Crippen molar-refractivity contribution in [3.63, 3.8) is 0 Å². The van der Waals surface area contributed by atoms with E-state index >= 15 is 0 Å². The van der Waals surface area contributed by atoms with E-state index in [9.17, 15) is 4.79 Å². The first-order chi connectivity index (χ1) is 10.2. The Labute approximate surface area is 130 Å². The van der Waals surface area contributed by atoms with Crippen molar-refractivity contribution < 1.29 is 4.79 Å². The minimum atomic E-state index is -0.136. The van der Waals surface area contributed by atoms with E-state index in [1.54, 1.807) is 11.3 Å². The molecule has 1 aromatic carbocycles. The summed E-state index contributed by atoms with van der Waals surface area (Å²) in [6.07, 6.45) is 3.51. The number of benzene rings is 1. The second-order valence-corrected chi connectivity index (χ2v) is 6.04. The van der Waals surface area contributed by atoms with Crippen LogP contribution in [0.3, 0.4) is 0 Å². The molecule has 0 aliphatic rings. The fourth-order valence-electron chi connectivity index (χ4n) is 2.25. The Hall–Kier alpha value is -1.65. The maximum Gasteiger partial charge on any atom is 0.234 e. The van der Waals surface area contributed by atoms with Gasteiger partial charge in [-0.15, -0.1) is 11.3 Å². The molecule has 3 nitrogen and oxygen atoms in total. The number of carbonyl (C=O) groups excluding carboxylic acids is 1. The van der Waals surface area contributed by atoms with Gasteiger partial charge in [-0.05, 0) is 35.4 Å². The number of nitrogens with one attached hydrogen (secondary N) is 1. The molecule has 0 saturated carbocycles. The highest BCUT2D eigenvalue weighted by Gasteiger charge is 2.17. The second-order valence-electron chi connectivity index (χ2n) is 5.07. The van der Waals surface area contributed by atoms with Gasteiger partial charge in [0.15, 0.2) is 0 Å². The molecule has 0 fully saturated rings. The molecule has 1 amide bonds. The molecule has 0 spiro atoms. The predicted octanol–water partition coefficient (Wildman–Crippen LogP) is 3.26. The maximum absolute atomic E-state index is 11.7. The van der Waals surface area contributed by atoms with Gasteiger partial charge in [0.25, 0.3) is 0 Å². The number of unbranched alkanes of at least 4 members (excludes halogenated alkanes) is 1. The van der Waals surface area contributed by atoms with Crippen LogP contribution in [0, 0.1) is 0 Å². The fourth-order valence-corrected chi connectivity index (χ4v) is 3.05. The number of rotatable bonds is 7. The highest BCUT2D eigenvalue weighted by Crippen LogP contribution is 2.26.